The van der Waals surface area contributed by atoms with E-state index < -0.39 is 0 Å². The van der Waals surface area contributed by atoms with Crippen LogP contribution >= 0.6 is 0 Å². The maximum absolute atomic E-state index is 8.91. The van der Waals surface area contributed by atoms with Gasteiger partial charge < -0.3 is 15.2 Å². The van der Waals surface area contributed by atoms with Crippen LogP contribution in [0.5, 0.6) is 17.4 Å². The average molecular weight is 286 g/mol. The molecule has 0 aliphatic heterocycles. The molecule has 2 rings (SSSR count). The quantitative estimate of drug-likeness (QED) is 0.913. The Balaban J connectivity index is 2.37. The first kappa shape index (κ1) is 14.7. The van der Waals surface area contributed by atoms with Gasteiger partial charge in [0, 0.05) is 13.1 Å². The van der Waals surface area contributed by atoms with Gasteiger partial charge in [0.25, 0.3) is 0 Å². The molecule has 6 nitrogen and oxygen atoms in total. The van der Waals surface area contributed by atoms with E-state index >= 15 is 0 Å². The SMILES string of the molecule is CCCc1nn(C)c(Oc2ccc(C#N)cc2OC)c1N. The second-order valence-corrected chi connectivity index (χ2v) is 4.62. The van der Waals surface area contributed by atoms with Crippen LogP contribution in [0.3, 0.4) is 0 Å². The van der Waals surface area contributed by atoms with Gasteiger partial charge in [-0.1, -0.05) is 13.3 Å². The van der Waals surface area contributed by atoms with Crippen LogP contribution in [0.15, 0.2) is 18.2 Å². The molecule has 21 heavy (non-hydrogen) atoms. The lowest BCUT2D eigenvalue weighted by molar-refractivity contribution is 0.366. The van der Waals surface area contributed by atoms with Crippen molar-refractivity contribution in [1.29, 1.82) is 5.26 Å². The summed E-state index contributed by atoms with van der Waals surface area (Å²) in [5.41, 5.74) is 7.94. The summed E-state index contributed by atoms with van der Waals surface area (Å²) in [6.07, 6.45) is 1.76. The van der Waals surface area contributed by atoms with Crippen LogP contribution in [-0.4, -0.2) is 16.9 Å². The van der Waals surface area contributed by atoms with Gasteiger partial charge in [-0.15, -0.1) is 0 Å². The fraction of sp³-hybridized carbons (Fsp3) is 0.333. The smallest absolute Gasteiger partial charge is 0.241 e. The van der Waals surface area contributed by atoms with E-state index in [0.29, 0.717) is 28.6 Å². The summed E-state index contributed by atoms with van der Waals surface area (Å²) in [5.74, 6) is 1.45. The maximum Gasteiger partial charge on any atom is 0.241 e. The monoisotopic (exact) mass is 286 g/mol. The van der Waals surface area contributed by atoms with Crippen LogP contribution < -0.4 is 15.2 Å². The Morgan fingerprint density at radius 1 is 1.38 bits per heavy atom. The first-order valence-electron chi connectivity index (χ1n) is 6.68. The number of nitrogens with zero attached hydrogens (tertiary/aromatic N) is 3. The van der Waals surface area contributed by atoms with Crippen LogP contribution in [0.2, 0.25) is 0 Å². The number of nitriles is 1. The summed E-state index contributed by atoms with van der Waals surface area (Å²) in [5, 5.41) is 13.3. The average Bonchev–Trinajstić information content (AvgIpc) is 2.75. The zero-order chi connectivity index (χ0) is 15.4. The zero-order valence-corrected chi connectivity index (χ0v) is 12.4. The number of hydrogen-bond acceptors (Lipinski definition) is 5. The first-order chi connectivity index (χ1) is 10.1. The molecule has 0 amide bonds. The van der Waals surface area contributed by atoms with E-state index in [1.807, 2.05) is 0 Å². The van der Waals surface area contributed by atoms with E-state index in [2.05, 4.69) is 18.1 Å². The number of anilines is 1. The van der Waals surface area contributed by atoms with E-state index in [4.69, 9.17) is 20.5 Å². The minimum atomic E-state index is 0.474. The van der Waals surface area contributed by atoms with Gasteiger partial charge in [0.15, 0.2) is 11.5 Å². The molecular weight excluding hydrogens is 268 g/mol. The zero-order valence-electron chi connectivity index (χ0n) is 12.4. The number of hydrogen-bond donors (Lipinski definition) is 1. The van der Waals surface area contributed by atoms with Crippen LogP contribution in [0, 0.1) is 11.3 Å². The lowest BCUT2D eigenvalue weighted by Gasteiger charge is -2.11. The molecule has 0 radical (unpaired) electrons. The van der Waals surface area contributed by atoms with Gasteiger partial charge in [-0.05, 0) is 18.6 Å². The van der Waals surface area contributed by atoms with Crippen molar-refractivity contribution in [2.75, 3.05) is 12.8 Å². The molecule has 0 aliphatic rings. The van der Waals surface area contributed by atoms with Crippen molar-refractivity contribution in [3.05, 3.63) is 29.5 Å². The number of aryl methyl sites for hydroxylation is 2. The van der Waals surface area contributed by atoms with E-state index in [1.54, 1.807) is 29.9 Å². The Bertz CT molecular complexity index is 686. The molecule has 0 aliphatic carbocycles. The topological polar surface area (TPSA) is 86.1 Å². The van der Waals surface area contributed by atoms with Crippen molar-refractivity contribution in [1.82, 2.24) is 9.78 Å². The minimum Gasteiger partial charge on any atom is -0.493 e. The third-order valence-electron chi connectivity index (χ3n) is 3.09. The largest absolute Gasteiger partial charge is 0.493 e. The van der Waals surface area contributed by atoms with Crippen LogP contribution in [0.1, 0.15) is 24.6 Å². The Kier molecular flexibility index (Phi) is 4.33. The standard InChI is InChI=1S/C15H18N4O2/c1-4-5-11-14(17)15(19(2)18-11)21-12-7-6-10(9-16)8-13(12)20-3/h6-8H,4-5,17H2,1-3H3. The van der Waals surface area contributed by atoms with Gasteiger partial charge in [-0.2, -0.15) is 10.4 Å². The van der Waals surface area contributed by atoms with E-state index in [-0.39, 0.29) is 0 Å². The highest BCUT2D eigenvalue weighted by Gasteiger charge is 2.16. The molecule has 6 heteroatoms. The fourth-order valence-corrected chi connectivity index (χ4v) is 2.05. The van der Waals surface area contributed by atoms with E-state index in [0.717, 1.165) is 18.5 Å². The Morgan fingerprint density at radius 2 is 2.14 bits per heavy atom. The Morgan fingerprint density at radius 3 is 2.76 bits per heavy atom. The summed E-state index contributed by atoms with van der Waals surface area (Å²) < 4.78 is 12.7. The molecule has 2 N–H and O–H groups in total. The van der Waals surface area contributed by atoms with Crippen LogP contribution in [0.4, 0.5) is 5.69 Å². The third-order valence-corrected chi connectivity index (χ3v) is 3.09. The van der Waals surface area contributed by atoms with Crippen LogP contribution in [0.25, 0.3) is 0 Å². The molecule has 0 fully saturated rings. The highest BCUT2D eigenvalue weighted by atomic mass is 16.5. The molecule has 110 valence electrons. The molecule has 1 heterocycles. The van der Waals surface area contributed by atoms with Gasteiger partial charge in [-0.25, -0.2) is 4.68 Å². The normalized spacial score (nSPS) is 10.2. The molecule has 0 atom stereocenters. The number of ether oxygens (including phenoxy) is 2. The van der Waals surface area contributed by atoms with Crippen LogP contribution in [-0.2, 0) is 13.5 Å². The number of nitrogens with two attached hydrogens (primary N) is 1. The minimum absolute atomic E-state index is 0.474. The molecule has 2 aromatic rings. The number of methoxy groups -OCH3 is 1. The molecular formula is C15H18N4O2. The Labute approximate surface area is 123 Å². The second-order valence-electron chi connectivity index (χ2n) is 4.62. The molecule has 0 saturated heterocycles. The van der Waals surface area contributed by atoms with E-state index in [9.17, 15) is 0 Å². The molecule has 0 spiro atoms. The highest BCUT2D eigenvalue weighted by molar-refractivity contribution is 5.56. The molecule has 1 aromatic heterocycles. The lowest BCUT2D eigenvalue weighted by Crippen LogP contribution is -1.98. The van der Waals surface area contributed by atoms with Crippen molar-refractivity contribution < 1.29 is 9.47 Å². The van der Waals surface area contributed by atoms with Crippen molar-refractivity contribution in [2.24, 2.45) is 7.05 Å². The predicted molar refractivity (Wildman–Crippen MR) is 79.4 cm³/mol. The third kappa shape index (κ3) is 2.92. The molecule has 0 bridgehead atoms. The summed E-state index contributed by atoms with van der Waals surface area (Å²) in [4.78, 5) is 0. The van der Waals surface area contributed by atoms with Gasteiger partial charge in [0.2, 0.25) is 5.88 Å². The molecule has 0 unspecified atom stereocenters. The fourth-order valence-electron chi connectivity index (χ4n) is 2.05. The van der Waals surface area contributed by atoms with Crippen molar-refractivity contribution in [3.8, 4) is 23.4 Å². The number of rotatable bonds is 5. The highest BCUT2D eigenvalue weighted by Crippen LogP contribution is 2.35. The predicted octanol–water partition coefficient (Wildman–Crippen LogP) is 2.63. The number of aromatic nitrogens is 2. The van der Waals surface area contributed by atoms with Gasteiger partial charge in [0.1, 0.15) is 5.69 Å². The first-order valence-corrected chi connectivity index (χ1v) is 6.68. The summed E-state index contributed by atoms with van der Waals surface area (Å²) in [6, 6.07) is 7.03. The number of nitrogen functional groups attached to an aromatic ring is 1. The number of benzene rings is 1. The summed E-state index contributed by atoms with van der Waals surface area (Å²) in [7, 11) is 3.30. The van der Waals surface area contributed by atoms with E-state index in [1.165, 1.54) is 7.11 Å². The molecule has 1 aromatic carbocycles. The summed E-state index contributed by atoms with van der Waals surface area (Å²) >= 11 is 0. The summed E-state index contributed by atoms with van der Waals surface area (Å²) in [6.45, 7) is 2.07. The van der Waals surface area contributed by atoms with Crippen molar-refractivity contribution >= 4 is 5.69 Å². The second kappa shape index (κ2) is 6.18. The van der Waals surface area contributed by atoms with Gasteiger partial charge >= 0.3 is 0 Å². The van der Waals surface area contributed by atoms with Crippen molar-refractivity contribution in [2.45, 2.75) is 19.8 Å². The van der Waals surface area contributed by atoms with Gasteiger partial charge in [-0.3, -0.25) is 0 Å². The lowest BCUT2D eigenvalue weighted by atomic mass is 10.2. The van der Waals surface area contributed by atoms with Crippen molar-refractivity contribution in [3.63, 3.8) is 0 Å². The van der Waals surface area contributed by atoms with Gasteiger partial charge in [0.05, 0.1) is 24.4 Å². The maximum atomic E-state index is 8.91. The molecule has 0 saturated carbocycles. The Hall–Kier alpha value is -2.68.